The number of nitrogens with two attached hydrogens (primary N) is 1. The summed E-state index contributed by atoms with van der Waals surface area (Å²) in [5, 5.41) is 4.11. The highest BCUT2D eigenvalue weighted by Crippen LogP contribution is 2.29. The quantitative estimate of drug-likeness (QED) is 0.647. The lowest BCUT2D eigenvalue weighted by Crippen LogP contribution is -2.12. The van der Waals surface area contributed by atoms with Crippen molar-refractivity contribution < 1.29 is 9.53 Å². The Morgan fingerprint density at radius 3 is 2.90 bits per heavy atom. The van der Waals surface area contributed by atoms with Crippen molar-refractivity contribution in [2.75, 3.05) is 24.2 Å². The normalized spacial score (nSPS) is 10.5. The summed E-state index contributed by atoms with van der Waals surface area (Å²) in [4.78, 5) is 16.3. The van der Waals surface area contributed by atoms with Gasteiger partial charge in [-0.1, -0.05) is 19.1 Å². The molecule has 0 unspecified atom stereocenters. The maximum Gasteiger partial charge on any atom is 0.341 e. The minimum absolute atomic E-state index is 0.334. The second kappa shape index (κ2) is 6.23. The summed E-state index contributed by atoms with van der Waals surface area (Å²) in [6, 6.07) is 5.55. The molecular weight excluding hydrogens is 254 g/mol. The van der Waals surface area contributed by atoms with Crippen LogP contribution in [0.1, 0.15) is 30.6 Å². The third kappa shape index (κ3) is 2.66. The van der Waals surface area contributed by atoms with Gasteiger partial charge in [-0.25, -0.2) is 4.79 Å². The molecule has 0 aliphatic heterocycles. The van der Waals surface area contributed by atoms with Gasteiger partial charge in [0, 0.05) is 18.1 Å². The number of nitrogens with zero attached hydrogens (tertiary/aromatic N) is 1. The molecular formula is C15H19N3O2. The van der Waals surface area contributed by atoms with Crippen molar-refractivity contribution in [1.29, 1.82) is 0 Å². The van der Waals surface area contributed by atoms with Crippen molar-refractivity contribution >= 4 is 28.2 Å². The Balaban J connectivity index is 2.59. The number of hydrogen-bond acceptors (Lipinski definition) is 5. The Labute approximate surface area is 118 Å². The molecule has 20 heavy (non-hydrogen) atoms. The van der Waals surface area contributed by atoms with E-state index in [1.54, 1.807) is 13.0 Å². The number of esters is 1. The highest BCUT2D eigenvalue weighted by Gasteiger charge is 2.16. The van der Waals surface area contributed by atoms with E-state index >= 15 is 0 Å². The van der Waals surface area contributed by atoms with Crippen LogP contribution in [-0.2, 0) is 4.74 Å². The van der Waals surface area contributed by atoms with Crippen LogP contribution in [0.4, 0.5) is 11.4 Å². The minimum atomic E-state index is -0.372. The van der Waals surface area contributed by atoms with Crippen LogP contribution in [0, 0.1) is 0 Å². The molecule has 0 atom stereocenters. The van der Waals surface area contributed by atoms with E-state index in [1.165, 1.54) is 6.20 Å². The third-order valence-electron chi connectivity index (χ3n) is 2.98. The maximum absolute atomic E-state index is 12.0. The molecule has 2 aromatic rings. The molecule has 5 heteroatoms. The third-order valence-corrected chi connectivity index (χ3v) is 2.98. The van der Waals surface area contributed by atoms with Crippen molar-refractivity contribution in [2.45, 2.75) is 20.3 Å². The smallest absolute Gasteiger partial charge is 0.341 e. The van der Waals surface area contributed by atoms with Crippen LogP contribution in [0.5, 0.6) is 0 Å². The molecule has 0 bridgehead atoms. The number of benzene rings is 1. The summed E-state index contributed by atoms with van der Waals surface area (Å²) in [5.41, 5.74) is 8.40. The first-order valence-electron chi connectivity index (χ1n) is 6.77. The van der Waals surface area contributed by atoms with Crippen LogP contribution in [0.3, 0.4) is 0 Å². The zero-order chi connectivity index (χ0) is 14.5. The van der Waals surface area contributed by atoms with Crippen molar-refractivity contribution in [2.24, 2.45) is 0 Å². The van der Waals surface area contributed by atoms with E-state index in [0.717, 1.165) is 24.0 Å². The van der Waals surface area contributed by atoms with Gasteiger partial charge in [0.05, 0.1) is 23.5 Å². The molecule has 0 saturated heterocycles. The van der Waals surface area contributed by atoms with Gasteiger partial charge < -0.3 is 15.8 Å². The summed E-state index contributed by atoms with van der Waals surface area (Å²) in [5.74, 6) is -0.372. The number of carbonyl (C=O) groups is 1. The van der Waals surface area contributed by atoms with Crippen molar-refractivity contribution in [3.05, 3.63) is 30.0 Å². The number of aromatic nitrogens is 1. The number of para-hydroxylation sites is 1. The monoisotopic (exact) mass is 273 g/mol. The van der Waals surface area contributed by atoms with Gasteiger partial charge >= 0.3 is 5.97 Å². The minimum Gasteiger partial charge on any atom is -0.462 e. The number of nitrogens with one attached hydrogen (secondary N) is 1. The summed E-state index contributed by atoms with van der Waals surface area (Å²) in [6.07, 6.45) is 2.48. The summed E-state index contributed by atoms with van der Waals surface area (Å²) in [6.45, 7) is 4.94. The Morgan fingerprint density at radius 1 is 1.40 bits per heavy atom. The second-order valence-electron chi connectivity index (χ2n) is 4.44. The fraction of sp³-hybridized carbons (Fsp3) is 0.333. The SMILES string of the molecule is CCCNc1c(C(=O)OCC)cnc2c(N)cccc12. The highest BCUT2D eigenvalue weighted by atomic mass is 16.5. The molecule has 106 valence electrons. The first-order valence-corrected chi connectivity index (χ1v) is 6.77. The molecule has 1 aromatic heterocycles. The van der Waals surface area contributed by atoms with E-state index in [9.17, 15) is 4.79 Å². The van der Waals surface area contributed by atoms with Gasteiger partial charge in [0.2, 0.25) is 0 Å². The Kier molecular flexibility index (Phi) is 4.40. The molecule has 0 fully saturated rings. The predicted molar refractivity (Wildman–Crippen MR) is 80.9 cm³/mol. The number of rotatable bonds is 5. The van der Waals surface area contributed by atoms with E-state index in [1.807, 2.05) is 12.1 Å². The van der Waals surface area contributed by atoms with Crippen molar-refractivity contribution in [1.82, 2.24) is 4.98 Å². The van der Waals surface area contributed by atoms with Gasteiger partial charge in [0.1, 0.15) is 5.56 Å². The molecule has 0 saturated carbocycles. The average Bonchev–Trinajstić information content (AvgIpc) is 2.45. The molecule has 0 spiro atoms. The zero-order valence-electron chi connectivity index (χ0n) is 11.8. The fourth-order valence-corrected chi connectivity index (χ4v) is 2.05. The number of pyridine rings is 1. The number of ether oxygens (including phenoxy) is 1. The molecule has 1 heterocycles. The molecule has 0 aliphatic carbocycles. The fourth-order valence-electron chi connectivity index (χ4n) is 2.05. The van der Waals surface area contributed by atoms with Gasteiger partial charge in [0.25, 0.3) is 0 Å². The second-order valence-corrected chi connectivity index (χ2v) is 4.44. The first kappa shape index (κ1) is 14.1. The first-order chi connectivity index (χ1) is 9.69. The lowest BCUT2D eigenvalue weighted by molar-refractivity contribution is 0.0527. The Bertz CT molecular complexity index is 626. The van der Waals surface area contributed by atoms with E-state index in [4.69, 9.17) is 10.5 Å². The van der Waals surface area contributed by atoms with Gasteiger partial charge in [-0.2, -0.15) is 0 Å². The topological polar surface area (TPSA) is 77.2 Å². The molecule has 0 radical (unpaired) electrons. The van der Waals surface area contributed by atoms with Crippen molar-refractivity contribution in [3.8, 4) is 0 Å². The zero-order valence-corrected chi connectivity index (χ0v) is 11.8. The molecule has 0 amide bonds. The van der Waals surface area contributed by atoms with E-state index < -0.39 is 0 Å². The van der Waals surface area contributed by atoms with Crippen LogP contribution >= 0.6 is 0 Å². The van der Waals surface area contributed by atoms with Crippen LogP contribution < -0.4 is 11.1 Å². The number of carbonyl (C=O) groups excluding carboxylic acids is 1. The summed E-state index contributed by atoms with van der Waals surface area (Å²) in [7, 11) is 0. The number of anilines is 2. The molecule has 1 aromatic carbocycles. The van der Waals surface area contributed by atoms with Gasteiger partial charge in [0.15, 0.2) is 0 Å². The lowest BCUT2D eigenvalue weighted by Gasteiger charge is -2.14. The van der Waals surface area contributed by atoms with Gasteiger partial charge in [-0.3, -0.25) is 4.98 Å². The van der Waals surface area contributed by atoms with Crippen LogP contribution in [0.2, 0.25) is 0 Å². The number of fused-ring (bicyclic) bond motifs is 1. The lowest BCUT2D eigenvalue weighted by atomic mass is 10.1. The Hall–Kier alpha value is -2.30. The standard InChI is InChI=1S/C15H19N3O2/c1-3-8-17-13-10-6-5-7-12(16)14(10)18-9-11(13)15(19)20-4-2/h5-7,9H,3-4,8,16H2,1-2H3,(H,17,18). The Morgan fingerprint density at radius 2 is 2.20 bits per heavy atom. The maximum atomic E-state index is 12.0. The summed E-state index contributed by atoms with van der Waals surface area (Å²) < 4.78 is 5.08. The van der Waals surface area contributed by atoms with Crippen molar-refractivity contribution in [3.63, 3.8) is 0 Å². The van der Waals surface area contributed by atoms with E-state index in [-0.39, 0.29) is 5.97 Å². The molecule has 2 rings (SSSR count). The van der Waals surface area contributed by atoms with E-state index in [0.29, 0.717) is 23.4 Å². The van der Waals surface area contributed by atoms with Gasteiger partial charge in [-0.05, 0) is 19.4 Å². The van der Waals surface area contributed by atoms with Gasteiger partial charge in [-0.15, -0.1) is 0 Å². The number of hydrogen-bond donors (Lipinski definition) is 2. The largest absolute Gasteiger partial charge is 0.462 e. The molecule has 0 aliphatic rings. The van der Waals surface area contributed by atoms with Crippen LogP contribution in [0.15, 0.2) is 24.4 Å². The van der Waals surface area contributed by atoms with E-state index in [2.05, 4.69) is 17.2 Å². The highest BCUT2D eigenvalue weighted by molar-refractivity contribution is 6.07. The number of nitrogen functional groups attached to an aromatic ring is 1. The van der Waals surface area contributed by atoms with Crippen LogP contribution in [-0.4, -0.2) is 24.1 Å². The molecule has 3 N–H and O–H groups in total. The summed E-state index contributed by atoms with van der Waals surface area (Å²) >= 11 is 0. The average molecular weight is 273 g/mol. The van der Waals surface area contributed by atoms with Crippen LogP contribution in [0.25, 0.3) is 10.9 Å². The predicted octanol–water partition coefficient (Wildman–Crippen LogP) is 2.82. The molecule has 5 nitrogen and oxygen atoms in total.